The molecule has 2 aromatic rings. The molecule has 1 saturated heterocycles. The van der Waals surface area contributed by atoms with E-state index in [2.05, 4.69) is 34.2 Å². The third-order valence-electron chi connectivity index (χ3n) is 7.86. The summed E-state index contributed by atoms with van der Waals surface area (Å²) in [6, 6.07) is 6.13. The Morgan fingerprint density at radius 3 is 2.52 bits per heavy atom. The number of rotatable bonds is 14. The number of hydrazine groups is 1. The topological polar surface area (TPSA) is 130 Å². The Bertz CT molecular complexity index is 1360. The maximum Gasteiger partial charge on any atom is 0.310 e. The number of carbonyl (C=O) groups is 4. The van der Waals surface area contributed by atoms with Gasteiger partial charge in [-0.3, -0.25) is 29.2 Å². The Kier molecular flexibility index (Phi) is 12.6. The van der Waals surface area contributed by atoms with Crippen molar-refractivity contribution in [2.45, 2.75) is 91.0 Å². The van der Waals surface area contributed by atoms with Crippen LogP contribution in [0.25, 0.3) is 16.8 Å². The highest BCUT2D eigenvalue weighted by Gasteiger charge is 2.34. The lowest BCUT2D eigenvalue weighted by Gasteiger charge is -2.35. The molecule has 44 heavy (non-hydrogen) atoms. The van der Waals surface area contributed by atoms with Crippen LogP contribution in [0.15, 0.2) is 49.7 Å². The molecule has 0 aliphatic carbocycles. The van der Waals surface area contributed by atoms with Crippen LogP contribution in [-0.4, -0.2) is 58.4 Å². The number of esters is 1. The van der Waals surface area contributed by atoms with Crippen LogP contribution < -0.4 is 16.1 Å². The summed E-state index contributed by atoms with van der Waals surface area (Å²) in [6.07, 6.45) is 7.21. The van der Waals surface area contributed by atoms with Gasteiger partial charge in [-0.15, -0.1) is 6.58 Å². The van der Waals surface area contributed by atoms with Crippen molar-refractivity contribution in [3.63, 3.8) is 0 Å². The molecule has 1 aromatic carbocycles. The number of pyridine rings is 1. The molecule has 1 aliphatic heterocycles. The summed E-state index contributed by atoms with van der Waals surface area (Å²) >= 11 is 0. The first kappa shape index (κ1) is 34.4. The third-order valence-corrected chi connectivity index (χ3v) is 7.86. The zero-order valence-electron chi connectivity index (χ0n) is 26.6. The van der Waals surface area contributed by atoms with Crippen LogP contribution in [0.2, 0.25) is 0 Å². The fraction of sp³-hybridized carbons (Fsp3) is 0.500. The van der Waals surface area contributed by atoms with Gasteiger partial charge in [0.15, 0.2) is 6.10 Å². The van der Waals surface area contributed by atoms with Gasteiger partial charge >= 0.3 is 5.97 Å². The molecule has 1 fully saturated rings. The Hall–Kier alpha value is -4.05. The van der Waals surface area contributed by atoms with Crippen molar-refractivity contribution in [1.82, 2.24) is 26.1 Å². The number of amides is 3. The molecule has 238 valence electrons. The lowest BCUT2D eigenvalue weighted by molar-refractivity contribution is -0.163. The van der Waals surface area contributed by atoms with Gasteiger partial charge in [-0.2, -0.15) is 0 Å². The normalized spacial score (nSPS) is 17.7. The quantitative estimate of drug-likeness (QED) is 0.212. The van der Waals surface area contributed by atoms with Crippen LogP contribution in [0.4, 0.5) is 0 Å². The maximum absolute atomic E-state index is 13.3. The van der Waals surface area contributed by atoms with E-state index in [0.29, 0.717) is 32.2 Å². The molecule has 1 aromatic heterocycles. The van der Waals surface area contributed by atoms with Crippen molar-refractivity contribution in [2.24, 2.45) is 11.8 Å². The zero-order valence-corrected chi connectivity index (χ0v) is 26.6. The summed E-state index contributed by atoms with van der Waals surface area (Å²) in [5.74, 6) is -2.23. The predicted molar refractivity (Wildman–Crippen MR) is 172 cm³/mol. The molecule has 3 N–H and O–H groups in total. The second-order valence-corrected chi connectivity index (χ2v) is 11.8. The predicted octanol–water partition coefficient (Wildman–Crippen LogP) is 4.62. The van der Waals surface area contributed by atoms with Crippen molar-refractivity contribution in [2.75, 3.05) is 6.54 Å². The van der Waals surface area contributed by atoms with Crippen LogP contribution in [0.3, 0.4) is 0 Å². The van der Waals surface area contributed by atoms with Crippen molar-refractivity contribution in [3.8, 4) is 0 Å². The number of nitrogens with zero attached hydrogens (tertiary/aromatic N) is 2. The Morgan fingerprint density at radius 2 is 1.86 bits per heavy atom. The number of ether oxygens (including phenoxy) is 1. The molecule has 0 bridgehead atoms. The Balaban J connectivity index is 1.59. The first-order valence-electron chi connectivity index (χ1n) is 15.5. The van der Waals surface area contributed by atoms with Crippen LogP contribution in [0.5, 0.6) is 0 Å². The number of carbonyl (C=O) groups excluding carboxylic acids is 4. The first-order valence-corrected chi connectivity index (χ1v) is 15.5. The van der Waals surface area contributed by atoms with E-state index in [1.807, 2.05) is 38.1 Å². The minimum Gasteiger partial charge on any atom is -0.452 e. The molecule has 4 unspecified atom stereocenters. The number of allylic oxidation sites excluding steroid dienone is 1. The summed E-state index contributed by atoms with van der Waals surface area (Å²) < 4.78 is 5.62. The summed E-state index contributed by atoms with van der Waals surface area (Å²) in [4.78, 5) is 56.8. The molecule has 2 heterocycles. The molecule has 0 spiro atoms. The van der Waals surface area contributed by atoms with Crippen LogP contribution in [0.1, 0.15) is 84.0 Å². The summed E-state index contributed by atoms with van der Waals surface area (Å²) in [5, 5.41) is 9.15. The van der Waals surface area contributed by atoms with Crippen LogP contribution >= 0.6 is 0 Å². The van der Waals surface area contributed by atoms with Crippen molar-refractivity contribution < 1.29 is 23.9 Å². The highest BCUT2D eigenvalue weighted by atomic mass is 16.5. The van der Waals surface area contributed by atoms with E-state index in [4.69, 9.17) is 4.74 Å². The van der Waals surface area contributed by atoms with Gasteiger partial charge in [0.25, 0.3) is 11.8 Å². The highest BCUT2D eigenvalue weighted by Crippen LogP contribution is 2.22. The molecule has 10 heteroatoms. The van der Waals surface area contributed by atoms with Gasteiger partial charge in [-0.1, -0.05) is 52.0 Å². The second kappa shape index (κ2) is 16.1. The standard InChI is InChI=1S/C34H47N5O5/c1-8-12-24(13-9-2)34(43)44-30(21(4)5)32(41)37-23(7)33(42)39-17-11-14-29(38-39)31(40)36-22(6)25-15-16-26-20-35-28(10-3)19-27(26)18-25/h8,10,15-16,18-24,29-30,38H,1,3,9,11-14,17H2,2,4-7H3,(H,36,40)(H,37,41)/t22-,23?,24?,29?,30?/m1/s1. The van der Waals surface area contributed by atoms with E-state index in [0.717, 1.165) is 28.5 Å². The lowest BCUT2D eigenvalue weighted by Crippen LogP contribution is -2.61. The number of hydrogen-bond donors (Lipinski definition) is 3. The van der Waals surface area contributed by atoms with E-state index in [9.17, 15) is 19.2 Å². The SMILES string of the molecule is C=CCC(CCC)C(=O)OC(C(=O)NC(C)C(=O)N1CCCC(C(=O)N[C@H](C)c2ccc3cnc(C=C)cc3c2)N1)C(C)C. The Morgan fingerprint density at radius 1 is 1.11 bits per heavy atom. The highest BCUT2D eigenvalue weighted by molar-refractivity contribution is 5.91. The molecule has 10 nitrogen and oxygen atoms in total. The largest absolute Gasteiger partial charge is 0.452 e. The Labute approximate surface area is 260 Å². The minimum absolute atomic E-state index is 0.221. The summed E-state index contributed by atoms with van der Waals surface area (Å²) in [6.45, 7) is 16.9. The van der Waals surface area contributed by atoms with Crippen molar-refractivity contribution >= 4 is 40.5 Å². The van der Waals surface area contributed by atoms with E-state index in [-0.39, 0.29) is 29.7 Å². The molecular weight excluding hydrogens is 558 g/mol. The summed E-state index contributed by atoms with van der Waals surface area (Å²) in [5.41, 5.74) is 4.76. The average Bonchev–Trinajstić information content (AvgIpc) is 3.02. The fourth-order valence-corrected chi connectivity index (χ4v) is 5.28. The molecule has 3 rings (SSSR count). The smallest absolute Gasteiger partial charge is 0.310 e. The minimum atomic E-state index is -1.04. The number of aromatic nitrogens is 1. The fourth-order valence-electron chi connectivity index (χ4n) is 5.28. The van der Waals surface area contributed by atoms with Crippen molar-refractivity contribution in [1.29, 1.82) is 0 Å². The van der Waals surface area contributed by atoms with E-state index in [1.54, 1.807) is 39.1 Å². The van der Waals surface area contributed by atoms with Gasteiger partial charge in [0.05, 0.1) is 17.7 Å². The summed E-state index contributed by atoms with van der Waals surface area (Å²) in [7, 11) is 0. The average molecular weight is 606 g/mol. The van der Waals surface area contributed by atoms with Gasteiger partial charge < -0.3 is 15.4 Å². The number of hydrogen-bond acceptors (Lipinski definition) is 7. The van der Waals surface area contributed by atoms with Gasteiger partial charge in [0, 0.05) is 18.1 Å². The van der Waals surface area contributed by atoms with E-state index < -0.39 is 30.1 Å². The van der Waals surface area contributed by atoms with Gasteiger partial charge in [-0.05, 0) is 74.6 Å². The van der Waals surface area contributed by atoms with E-state index in [1.165, 1.54) is 5.01 Å². The number of benzene rings is 1. The molecule has 5 atom stereocenters. The van der Waals surface area contributed by atoms with Crippen LogP contribution in [0, 0.1) is 11.8 Å². The van der Waals surface area contributed by atoms with Gasteiger partial charge in [0.2, 0.25) is 5.91 Å². The third kappa shape index (κ3) is 8.98. The molecule has 0 radical (unpaired) electrons. The van der Waals surface area contributed by atoms with Crippen molar-refractivity contribution in [3.05, 3.63) is 61.0 Å². The molecular formula is C34H47N5O5. The number of fused-ring (bicyclic) bond motifs is 1. The zero-order chi connectivity index (χ0) is 32.4. The molecule has 1 aliphatic rings. The number of nitrogens with one attached hydrogen (secondary N) is 3. The first-order chi connectivity index (χ1) is 21.0. The lowest BCUT2D eigenvalue weighted by atomic mass is 9.99. The van der Waals surface area contributed by atoms with Crippen LogP contribution in [-0.2, 0) is 23.9 Å². The maximum atomic E-state index is 13.3. The second-order valence-electron chi connectivity index (χ2n) is 11.8. The van der Waals surface area contributed by atoms with E-state index >= 15 is 0 Å². The van der Waals surface area contributed by atoms with Gasteiger partial charge in [0.1, 0.15) is 12.1 Å². The molecule has 0 saturated carbocycles. The monoisotopic (exact) mass is 605 g/mol. The van der Waals surface area contributed by atoms with Gasteiger partial charge in [-0.25, -0.2) is 5.43 Å². The molecule has 3 amide bonds.